The number of sulfonamides is 1. The number of carboxylic acid groups (broad SMARTS) is 1. The number of hydrogen-bond acceptors (Lipinski definition) is 5. The molecule has 1 heterocycles. The molecule has 0 bridgehead atoms. The summed E-state index contributed by atoms with van der Waals surface area (Å²) in [5, 5.41) is 8.64. The van der Waals surface area contributed by atoms with Crippen LogP contribution in [0.1, 0.15) is 37.8 Å². The van der Waals surface area contributed by atoms with E-state index < -0.39 is 22.0 Å². The maximum absolute atomic E-state index is 12.0. The SMILES string of the molecule is N[C@@H](CC=NS(=O)(=O)CCC1(c2ccccn2)CCC1)C(=O)O. The van der Waals surface area contributed by atoms with Crippen molar-refractivity contribution < 1.29 is 18.3 Å². The molecule has 0 aliphatic heterocycles. The van der Waals surface area contributed by atoms with Crippen molar-refractivity contribution in [2.45, 2.75) is 43.6 Å². The second-order valence-electron chi connectivity index (χ2n) is 5.85. The van der Waals surface area contributed by atoms with Gasteiger partial charge in [0.15, 0.2) is 0 Å². The third-order valence-electron chi connectivity index (χ3n) is 4.27. The van der Waals surface area contributed by atoms with Gasteiger partial charge in [0.25, 0.3) is 10.0 Å². The Hall–Kier alpha value is -1.80. The molecule has 126 valence electrons. The summed E-state index contributed by atoms with van der Waals surface area (Å²) in [6.07, 6.45) is 6.06. The molecular weight excluding hydrogens is 318 g/mol. The van der Waals surface area contributed by atoms with Crippen LogP contribution in [0.25, 0.3) is 0 Å². The third-order valence-corrected chi connectivity index (χ3v) is 5.46. The zero-order valence-electron chi connectivity index (χ0n) is 12.8. The van der Waals surface area contributed by atoms with Crippen molar-refractivity contribution in [1.29, 1.82) is 0 Å². The summed E-state index contributed by atoms with van der Waals surface area (Å²) in [5.41, 5.74) is 6.05. The summed E-state index contributed by atoms with van der Waals surface area (Å²) >= 11 is 0. The molecule has 1 aromatic heterocycles. The van der Waals surface area contributed by atoms with Crippen LogP contribution in [-0.4, -0.2) is 42.5 Å². The molecule has 23 heavy (non-hydrogen) atoms. The molecule has 1 saturated carbocycles. The van der Waals surface area contributed by atoms with E-state index in [9.17, 15) is 13.2 Å². The minimum Gasteiger partial charge on any atom is -0.480 e. The second-order valence-corrected chi connectivity index (χ2v) is 7.64. The zero-order valence-corrected chi connectivity index (χ0v) is 13.6. The van der Waals surface area contributed by atoms with Gasteiger partial charge >= 0.3 is 5.97 Å². The topological polar surface area (TPSA) is 123 Å². The van der Waals surface area contributed by atoms with Gasteiger partial charge in [0.2, 0.25) is 0 Å². The van der Waals surface area contributed by atoms with Crippen LogP contribution in [0.2, 0.25) is 0 Å². The molecular formula is C15H21N3O4S. The Balaban J connectivity index is 1.96. The average Bonchev–Trinajstić information content (AvgIpc) is 2.46. The van der Waals surface area contributed by atoms with Gasteiger partial charge in [-0.05, 0) is 31.4 Å². The van der Waals surface area contributed by atoms with E-state index in [-0.39, 0.29) is 17.6 Å². The van der Waals surface area contributed by atoms with Crippen molar-refractivity contribution in [3.05, 3.63) is 30.1 Å². The number of aliphatic carboxylic acids is 1. The summed E-state index contributed by atoms with van der Waals surface area (Å²) in [6, 6.07) is 4.53. The van der Waals surface area contributed by atoms with Gasteiger partial charge in [-0.3, -0.25) is 9.78 Å². The van der Waals surface area contributed by atoms with Gasteiger partial charge in [-0.1, -0.05) is 12.5 Å². The van der Waals surface area contributed by atoms with E-state index in [0.29, 0.717) is 6.42 Å². The van der Waals surface area contributed by atoms with Crippen LogP contribution in [-0.2, 0) is 20.2 Å². The van der Waals surface area contributed by atoms with Gasteiger partial charge in [-0.25, -0.2) is 8.42 Å². The first kappa shape index (κ1) is 17.6. The van der Waals surface area contributed by atoms with Crippen molar-refractivity contribution in [2.75, 3.05) is 5.75 Å². The molecule has 7 nitrogen and oxygen atoms in total. The maximum atomic E-state index is 12.0. The molecule has 1 fully saturated rings. The molecule has 0 radical (unpaired) electrons. The fourth-order valence-electron chi connectivity index (χ4n) is 2.66. The lowest BCUT2D eigenvalue weighted by Crippen LogP contribution is -2.36. The minimum absolute atomic E-state index is 0.0810. The minimum atomic E-state index is -3.63. The van der Waals surface area contributed by atoms with Crippen LogP contribution in [0.5, 0.6) is 0 Å². The number of pyridine rings is 1. The Morgan fingerprint density at radius 2 is 2.22 bits per heavy atom. The molecule has 3 N–H and O–H groups in total. The quantitative estimate of drug-likeness (QED) is 0.684. The molecule has 8 heteroatoms. The fraction of sp³-hybridized carbons (Fsp3) is 0.533. The lowest BCUT2D eigenvalue weighted by Gasteiger charge is -2.41. The number of nitrogens with two attached hydrogens (primary N) is 1. The number of hydrogen-bond donors (Lipinski definition) is 2. The van der Waals surface area contributed by atoms with Gasteiger partial charge in [-0.2, -0.15) is 4.40 Å². The molecule has 0 unspecified atom stereocenters. The van der Waals surface area contributed by atoms with Gasteiger partial charge in [0, 0.05) is 29.9 Å². The van der Waals surface area contributed by atoms with Gasteiger partial charge < -0.3 is 10.8 Å². The first-order valence-electron chi connectivity index (χ1n) is 7.51. The Labute approximate surface area is 135 Å². The molecule has 1 aliphatic carbocycles. The number of carboxylic acids is 1. The molecule has 2 rings (SSSR count). The van der Waals surface area contributed by atoms with Crippen LogP contribution in [0.3, 0.4) is 0 Å². The summed E-state index contributed by atoms with van der Waals surface area (Å²) < 4.78 is 27.5. The Morgan fingerprint density at radius 1 is 1.48 bits per heavy atom. The van der Waals surface area contributed by atoms with E-state index in [1.54, 1.807) is 6.20 Å². The molecule has 1 atom stereocenters. The van der Waals surface area contributed by atoms with Crippen LogP contribution in [0, 0.1) is 0 Å². The summed E-state index contributed by atoms with van der Waals surface area (Å²) in [5.74, 6) is -1.26. The summed E-state index contributed by atoms with van der Waals surface area (Å²) in [7, 11) is -3.63. The van der Waals surface area contributed by atoms with Gasteiger partial charge in [-0.15, -0.1) is 0 Å². The fourth-order valence-corrected chi connectivity index (χ4v) is 3.73. The monoisotopic (exact) mass is 339 g/mol. The highest BCUT2D eigenvalue weighted by Gasteiger charge is 2.40. The van der Waals surface area contributed by atoms with E-state index in [1.165, 1.54) is 0 Å². The highest BCUT2D eigenvalue weighted by molar-refractivity contribution is 7.90. The van der Waals surface area contributed by atoms with Crippen molar-refractivity contribution >= 4 is 22.2 Å². The van der Waals surface area contributed by atoms with Crippen LogP contribution in [0.4, 0.5) is 0 Å². The molecule has 1 aliphatic rings. The highest BCUT2D eigenvalue weighted by atomic mass is 32.2. The zero-order chi connectivity index (χ0) is 16.9. The lowest BCUT2D eigenvalue weighted by atomic mass is 9.65. The number of carbonyl (C=O) groups is 1. The van der Waals surface area contributed by atoms with E-state index in [2.05, 4.69) is 9.38 Å². The molecule has 1 aromatic rings. The molecule has 0 amide bonds. The standard InChI is InChI=1S/C15H21N3O4S/c16-12(14(19)20)5-10-18-23(21,22)11-8-15(6-3-7-15)13-4-1-2-9-17-13/h1-2,4,9-10,12H,3,5-8,11,16H2,(H,19,20)/t12-/m0/s1. The smallest absolute Gasteiger partial charge is 0.320 e. The number of rotatable bonds is 8. The van der Waals surface area contributed by atoms with E-state index in [0.717, 1.165) is 31.2 Å². The van der Waals surface area contributed by atoms with Gasteiger partial charge in [0.1, 0.15) is 6.04 Å². The normalized spacial score (nSPS) is 18.5. The number of aromatic nitrogens is 1. The Bertz CT molecular complexity index is 669. The van der Waals surface area contributed by atoms with E-state index >= 15 is 0 Å². The van der Waals surface area contributed by atoms with Crippen LogP contribution < -0.4 is 5.73 Å². The largest absolute Gasteiger partial charge is 0.480 e. The molecule has 0 saturated heterocycles. The van der Waals surface area contributed by atoms with Crippen LogP contribution in [0.15, 0.2) is 28.8 Å². The first-order chi connectivity index (χ1) is 10.8. The molecule has 0 aromatic carbocycles. The third kappa shape index (κ3) is 4.59. The average molecular weight is 339 g/mol. The van der Waals surface area contributed by atoms with Crippen LogP contribution >= 0.6 is 0 Å². The van der Waals surface area contributed by atoms with Crippen molar-refractivity contribution in [3.8, 4) is 0 Å². The van der Waals surface area contributed by atoms with Gasteiger partial charge in [0.05, 0.1) is 5.75 Å². The predicted octanol–water partition coefficient (Wildman–Crippen LogP) is 1.10. The van der Waals surface area contributed by atoms with Crippen molar-refractivity contribution in [2.24, 2.45) is 10.1 Å². The lowest BCUT2D eigenvalue weighted by molar-refractivity contribution is -0.138. The second kappa shape index (κ2) is 7.18. The first-order valence-corrected chi connectivity index (χ1v) is 9.12. The number of nitrogens with zero attached hydrogens (tertiary/aromatic N) is 2. The van der Waals surface area contributed by atoms with E-state index in [4.69, 9.17) is 10.8 Å². The molecule has 0 spiro atoms. The van der Waals surface area contributed by atoms with Crippen molar-refractivity contribution in [1.82, 2.24) is 4.98 Å². The van der Waals surface area contributed by atoms with E-state index in [1.807, 2.05) is 18.2 Å². The Kier molecular flexibility index (Phi) is 5.48. The summed E-state index contributed by atoms with van der Waals surface area (Å²) in [4.78, 5) is 14.9. The predicted molar refractivity (Wildman–Crippen MR) is 86.9 cm³/mol. The maximum Gasteiger partial charge on any atom is 0.320 e. The van der Waals surface area contributed by atoms with Crippen molar-refractivity contribution in [3.63, 3.8) is 0 Å². The highest BCUT2D eigenvalue weighted by Crippen LogP contribution is 2.45. The Morgan fingerprint density at radius 3 is 2.74 bits per heavy atom. The summed E-state index contributed by atoms with van der Waals surface area (Å²) in [6.45, 7) is 0.